The van der Waals surface area contributed by atoms with Gasteiger partial charge in [-0.25, -0.2) is 0 Å². The van der Waals surface area contributed by atoms with E-state index < -0.39 is 5.41 Å². The molecule has 1 aliphatic carbocycles. The standard InChI is InChI=1S/C60H34N6O2/c61-35-36-24-28-49-41(32-36)39-12-2-4-17-47(39)66(49)52-20-9-23-55-57(52)60(44-14-10-30-62-58(44)59-45(60)15-11-31-63-59)43-27-25-38(34-56(43)68-55)64-46-16-3-1-13-40(46)42-33-37(26-29-48(42)64)65-50-18-5-7-21-53(50)67-54-22-8-6-19-51(54)65/h1-34H. The lowest BCUT2D eigenvalue weighted by atomic mass is 9.65. The van der Waals surface area contributed by atoms with Gasteiger partial charge in [-0.1, -0.05) is 84.9 Å². The molecule has 0 saturated carbocycles. The smallest absolute Gasteiger partial charge is 0.151 e. The molecule has 12 aromatic rings. The van der Waals surface area contributed by atoms with Crippen LogP contribution in [0.15, 0.2) is 207 Å². The fourth-order valence-corrected chi connectivity index (χ4v) is 11.6. The molecule has 0 N–H and O–H groups in total. The van der Waals surface area contributed by atoms with Gasteiger partial charge in [-0.15, -0.1) is 0 Å². The Labute approximate surface area is 389 Å². The largest absolute Gasteiger partial charge is 0.457 e. The summed E-state index contributed by atoms with van der Waals surface area (Å²) in [5.74, 6) is 3.13. The summed E-state index contributed by atoms with van der Waals surface area (Å²) >= 11 is 0. The summed E-state index contributed by atoms with van der Waals surface area (Å²) in [6.07, 6.45) is 3.72. The minimum Gasteiger partial charge on any atom is -0.457 e. The molecule has 316 valence electrons. The number of aromatic nitrogens is 4. The van der Waals surface area contributed by atoms with Gasteiger partial charge in [0, 0.05) is 62.5 Å². The second-order valence-corrected chi connectivity index (χ2v) is 17.6. The zero-order valence-corrected chi connectivity index (χ0v) is 36.1. The van der Waals surface area contributed by atoms with Gasteiger partial charge in [-0.2, -0.15) is 5.26 Å². The SMILES string of the molecule is N#Cc1ccc2c(c1)c1ccccc1n2-c1cccc2c1C1(c3ccc(-n4c5ccccc5c5cc(N6c7ccccc7Oc7ccccc76)ccc54)cc3O2)c2cccnc2-c2ncccc21. The van der Waals surface area contributed by atoms with Crippen molar-refractivity contribution < 1.29 is 9.47 Å². The molecule has 8 nitrogen and oxygen atoms in total. The molecule has 15 rings (SSSR count). The summed E-state index contributed by atoms with van der Waals surface area (Å²) in [6, 6.07) is 70.1. The van der Waals surface area contributed by atoms with Gasteiger partial charge < -0.3 is 23.5 Å². The normalized spacial score (nSPS) is 13.6. The maximum Gasteiger partial charge on any atom is 0.151 e. The van der Waals surface area contributed by atoms with Crippen LogP contribution in [0.4, 0.5) is 17.1 Å². The van der Waals surface area contributed by atoms with Gasteiger partial charge in [0.2, 0.25) is 0 Å². The molecule has 8 aromatic carbocycles. The molecule has 6 heterocycles. The number of hydrogen-bond acceptors (Lipinski definition) is 6. The summed E-state index contributed by atoms with van der Waals surface area (Å²) in [6.45, 7) is 0. The van der Waals surface area contributed by atoms with E-state index in [0.717, 1.165) is 129 Å². The third kappa shape index (κ3) is 4.76. The number of para-hydroxylation sites is 6. The first-order valence-corrected chi connectivity index (χ1v) is 22.7. The van der Waals surface area contributed by atoms with E-state index in [0.29, 0.717) is 5.56 Å². The number of anilines is 3. The quantitative estimate of drug-likeness (QED) is 0.176. The highest BCUT2D eigenvalue weighted by Gasteiger charge is 2.54. The van der Waals surface area contributed by atoms with Crippen LogP contribution in [0.2, 0.25) is 0 Å². The molecule has 0 amide bonds. The maximum atomic E-state index is 9.98. The Hall–Kier alpha value is -9.45. The third-order valence-corrected chi connectivity index (χ3v) is 14.3. The Morgan fingerprint density at radius 2 is 0.971 bits per heavy atom. The molecule has 68 heavy (non-hydrogen) atoms. The number of ether oxygens (including phenoxy) is 2. The third-order valence-electron chi connectivity index (χ3n) is 14.3. The maximum absolute atomic E-state index is 9.98. The molecule has 4 aromatic heterocycles. The number of nitrogens with zero attached hydrogens (tertiary/aromatic N) is 6. The fraction of sp³-hybridized carbons (Fsp3) is 0.0167. The molecule has 0 radical (unpaired) electrons. The van der Waals surface area contributed by atoms with E-state index in [4.69, 9.17) is 19.4 Å². The van der Waals surface area contributed by atoms with Crippen LogP contribution in [0.3, 0.4) is 0 Å². The summed E-state index contributed by atoms with van der Waals surface area (Å²) < 4.78 is 18.4. The minimum atomic E-state index is -0.865. The van der Waals surface area contributed by atoms with Crippen molar-refractivity contribution in [2.75, 3.05) is 4.90 Å². The van der Waals surface area contributed by atoms with Crippen molar-refractivity contribution in [1.82, 2.24) is 19.1 Å². The van der Waals surface area contributed by atoms with Crippen LogP contribution in [0.5, 0.6) is 23.0 Å². The second kappa shape index (κ2) is 13.5. The van der Waals surface area contributed by atoms with Crippen LogP contribution in [-0.4, -0.2) is 19.1 Å². The molecule has 0 saturated heterocycles. The van der Waals surface area contributed by atoms with Crippen LogP contribution in [0.1, 0.15) is 27.8 Å². The molecule has 0 fully saturated rings. The monoisotopic (exact) mass is 870 g/mol. The minimum absolute atomic E-state index is 0.619. The number of fused-ring (bicyclic) bond motifs is 17. The Balaban J connectivity index is 0.972. The predicted molar refractivity (Wildman–Crippen MR) is 268 cm³/mol. The zero-order chi connectivity index (χ0) is 44.7. The highest BCUT2D eigenvalue weighted by molar-refractivity contribution is 6.12. The highest BCUT2D eigenvalue weighted by atomic mass is 16.5. The lowest BCUT2D eigenvalue weighted by molar-refractivity contribution is 0.435. The highest BCUT2D eigenvalue weighted by Crippen LogP contribution is 2.63. The average molecular weight is 871 g/mol. The van der Waals surface area contributed by atoms with Crippen LogP contribution >= 0.6 is 0 Å². The lowest BCUT2D eigenvalue weighted by Gasteiger charge is -2.40. The van der Waals surface area contributed by atoms with Gasteiger partial charge in [0.1, 0.15) is 11.5 Å². The van der Waals surface area contributed by atoms with Gasteiger partial charge in [0.05, 0.1) is 67.6 Å². The van der Waals surface area contributed by atoms with Gasteiger partial charge >= 0.3 is 0 Å². The van der Waals surface area contributed by atoms with E-state index in [1.54, 1.807) is 0 Å². The molecule has 1 spiro atoms. The van der Waals surface area contributed by atoms with E-state index in [1.165, 1.54) is 0 Å². The number of rotatable bonds is 3. The van der Waals surface area contributed by atoms with Crippen molar-refractivity contribution in [2.24, 2.45) is 0 Å². The number of hydrogen-bond donors (Lipinski definition) is 0. The number of benzene rings is 8. The molecule has 0 unspecified atom stereocenters. The van der Waals surface area contributed by atoms with Crippen molar-refractivity contribution in [1.29, 1.82) is 5.26 Å². The Bertz CT molecular complexity index is 4120. The number of nitriles is 1. The molecular weight excluding hydrogens is 837 g/mol. The van der Waals surface area contributed by atoms with E-state index in [1.807, 2.05) is 60.9 Å². The summed E-state index contributed by atoms with van der Waals surface area (Å²) in [5.41, 5.74) is 14.7. The lowest BCUT2D eigenvalue weighted by Crippen LogP contribution is -2.33. The van der Waals surface area contributed by atoms with E-state index >= 15 is 0 Å². The van der Waals surface area contributed by atoms with E-state index in [2.05, 4.69) is 166 Å². The topological polar surface area (TPSA) is 81.1 Å². The van der Waals surface area contributed by atoms with Crippen molar-refractivity contribution in [3.63, 3.8) is 0 Å². The molecule has 0 bridgehead atoms. The Kier molecular flexibility index (Phi) is 7.34. The summed E-state index contributed by atoms with van der Waals surface area (Å²) in [7, 11) is 0. The number of pyridine rings is 2. The van der Waals surface area contributed by atoms with Gasteiger partial charge in [0.25, 0.3) is 0 Å². The fourth-order valence-electron chi connectivity index (χ4n) is 11.6. The second-order valence-electron chi connectivity index (χ2n) is 17.6. The van der Waals surface area contributed by atoms with Gasteiger partial charge in [-0.3, -0.25) is 9.97 Å². The average Bonchev–Trinajstić information content (AvgIpc) is 4.01. The molecule has 3 aliphatic rings. The Morgan fingerprint density at radius 3 is 1.69 bits per heavy atom. The van der Waals surface area contributed by atoms with E-state index in [9.17, 15) is 5.26 Å². The first-order valence-electron chi connectivity index (χ1n) is 22.7. The zero-order valence-electron chi connectivity index (χ0n) is 36.1. The van der Waals surface area contributed by atoms with E-state index in [-0.39, 0.29) is 0 Å². The van der Waals surface area contributed by atoms with Crippen LogP contribution < -0.4 is 14.4 Å². The summed E-state index contributed by atoms with van der Waals surface area (Å²) in [4.78, 5) is 12.4. The summed E-state index contributed by atoms with van der Waals surface area (Å²) in [5, 5.41) is 14.3. The molecule has 8 heteroatoms. The van der Waals surface area contributed by atoms with Crippen molar-refractivity contribution in [3.8, 4) is 51.8 Å². The first-order chi connectivity index (χ1) is 33.7. The first kappa shape index (κ1) is 36.8. The van der Waals surface area contributed by atoms with Crippen LogP contribution in [-0.2, 0) is 5.41 Å². The molecule has 2 aliphatic heterocycles. The molecule has 0 atom stereocenters. The van der Waals surface area contributed by atoms with Crippen molar-refractivity contribution in [3.05, 3.63) is 234 Å². The predicted octanol–water partition coefficient (Wildman–Crippen LogP) is 14.6. The Morgan fingerprint density at radius 1 is 0.412 bits per heavy atom. The van der Waals surface area contributed by atoms with Crippen LogP contribution in [0, 0.1) is 11.3 Å². The van der Waals surface area contributed by atoms with Crippen LogP contribution in [0.25, 0.3) is 66.4 Å². The van der Waals surface area contributed by atoms with Crippen molar-refractivity contribution in [2.45, 2.75) is 5.41 Å². The van der Waals surface area contributed by atoms with Gasteiger partial charge in [0.15, 0.2) is 11.5 Å². The van der Waals surface area contributed by atoms with Crippen molar-refractivity contribution >= 4 is 60.7 Å². The molecular formula is C60H34N6O2. The van der Waals surface area contributed by atoms with Gasteiger partial charge in [-0.05, 0) is 114 Å².